The van der Waals surface area contributed by atoms with E-state index in [2.05, 4.69) is 9.62 Å². The Morgan fingerprint density at radius 2 is 1.37 bits per heavy atom. The largest absolute Gasteiger partial charge is 0.379 e. The van der Waals surface area contributed by atoms with Crippen molar-refractivity contribution >= 4 is 10.0 Å². The van der Waals surface area contributed by atoms with Gasteiger partial charge in [0.25, 0.3) is 0 Å². The minimum Gasteiger partial charge on any atom is -0.379 e. The third-order valence-corrected chi connectivity index (χ3v) is 9.01. The predicted molar refractivity (Wildman–Crippen MR) is 151 cm³/mol. The molecule has 1 aliphatic rings. The lowest BCUT2D eigenvalue weighted by Gasteiger charge is -2.41. The highest BCUT2D eigenvalue weighted by Crippen LogP contribution is 2.41. The minimum absolute atomic E-state index is 0.220. The number of benzene rings is 4. The lowest BCUT2D eigenvalue weighted by molar-refractivity contribution is -0.00593. The second kappa shape index (κ2) is 11.2. The molecule has 196 valence electrons. The maximum atomic E-state index is 13.4. The lowest BCUT2D eigenvalue weighted by atomic mass is 9.79. The quantitative estimate of drug-likeness (QED) is 0.306. The van der Waals surface area contributed by atoms with E-state index in [0.717, 1.165) is 41.6 Å². The number of aliphatic hydroxyl groups is 1. The number of nitrogens with one attached hydrogen (secondary N) is 1. The molecule has 0 saturated carbocycles. The first-order chi connectivity index (χ1) is 18.4. The molecule has 1 heterocycles. The number of nitrogens with zero attached hydrogens (tertiary/aromatic N) is 1. The maximum absolute atomic E-state index is 13.4. The first kappa shape index (κ1) is 26.3. The Morgan fingerprint density at radius 1 is 0.842 bits per heavy atom. The Bertz CT molecular complexity index is 1390. The average molecular weight is 527 g/mol. The molecule has 5 rings (SSSR count). The smallest absolute Gasteiger partial charge is 0.241 e. The summed E-state index contributed by atoms with van der Waals surface area (Å²) >= 11 is 0. The summed E-state index contributed by atoms with van der Waals surface area (Å²) in [6.45, 7) is 3.13. The second-order valence-electron chi connectivity index (χ2n) is 10.0. The van der Waals surface area contributed by atoms with Crippen molar-refractivity contribution in [1.29, 1.82) is 0 Å². The fraction of sp³-hybridized carbons (Fsp3) is 0.250. The van der Waals surface area contributed by atoms with Gasteiger partial charge in [0.05, 0.1) is 10.9 Å². The molecule has 2 atom stereocenters. The van der Waals surface area contributed by atoms with Crippen molar-refractivity contribution < 1.29 is 13.5 Å². The molecule has 1 fully saturated rings. The van der Waals surface area contributed by atoms with E-state index in [4.69, 9.17) is 0 Å². The van der Waals surface area contributed by atoms with E-state index >= 15 is 0 Å². The normalized spacial score (nSPS) is 17.4. The minimum atomic E-state index is -3.76. The second-order valence-corrected chi connectivity index (χ2v) is 11.8. The number of rotatable bonds is 9. The van der Waals surface area contributed by atoms with Crippen molar-refractivity contribution in [3.8, 4) is 0 Å². The van der Waals surface area contributed by atoms with Gasteiger partial charge >= 0.3 is 0 Å². The van der Waals surface area contributed by atoms with E-state index in [1.165, 1.54) is 0 Å². The highest BCUT2D eigenvalue weighted by atomic mass is 32.2. The van der Waals surface area contributed by atoms with E-state index in [1.54, 1.807) is 12.1 Å². The van der Waals surface area contributed by atoms with Crippen LogP contribution in [0.4, 0.5) is 0 Å². The third kappa shape index (κ3) is 5.45. The predicted octanol–water partition coefficient (Wildman–Crippen LogP) is 5.42. The monoisotopic (exact) mass is 526 g/mol. The SMILES string of the molecule is Cc1ccc(S(=O)(=O)N[C@@H](CN2CCC[C@H]2C(O)(c2ccccc2)c2ccccc2)c2ccccc2)cc1. The fourth-order valence-electron chi connectivity index (χ4n) is 5.56. The van der Waals surface area contributed by atoms with Gasteiger partial charge in [-0.1, -0.05) is 109 Å². The van der Waals surface area contributed by atoms with Crippen LogP contribution in [0.25, 0.3) is 0 Å². The van der Waals surface area contributed by atoms with Gasteiger partial charge in [0.15, 0.2) is 0 Å². The number of aryl methyl sites for hydroxylation is 1. The number of sulfonamides is 1. The zero-order valence-electron chi connectivity index (χ0n) is 21.6. The van der Waals surface area contributed by atoms with Crippen LogP contribution in [0.5, 0.6) is 0 Å². The number of hydrogen-bond donors (Lipinski definition) is 2. The van der Waals surface area contributed by atoms with Gasteiger partial charge in [-0.3, -0.25) is 4.90 Å². The Hall–Kier alpha value is -3.29. The molecule has 6 heteroatoms. The first-order valence-electron chi connectivity index (χ1n) is 13.1. The van der Waals surface area contributed by atoms with Crippen molar-refractivity contribution in [1.82, 2.24) is 9.62 Å². The summed E-state index contributed by atoms with van der Waals surface area (Å²) in [5, 5.41) is 12.5. The molecule has 0 spiro atoms. The summed E-state index contributed by atoms with van der Waals surface area (Å²) in [5.41, 5.74) is 2.32. The molecule has 0 bridgehead atoms. The fourth-order valence-corrected chi connectivity index (χ4v) is 6.77. The molecule has 5 nitrogen and oxygen atoms in total. The summed E-state index contributed by atoms with van der Waals surface area (Å²) in [5.74, 6) is 0. The van der Waals surface area contributed by atoms with E-state index in [-0.39, 0.29) is 10.9 Å². The van der Waals surface area contributed by atoms with Gasteiger partial charge in [0.1, 0.15) is 5.60 Å². The van der Waals surface area contributed by atoms with Gasteiger partial charge in [0, 0.05) is 12.6 Å². The van der Waals surface area contributed by atoms with E-state index in [1.807, 2.05) is 110 Å². The molecule has 4 aromatic rings. The van der Waals surface area contributed by atoms with Crippen molar-refractivity contribution in [2.24, 2.45) is 0 Å². The first-order valence-corrected chi connectivity index (χ1v) is 14.6. The Kier molecular flexibility index (Phi) is 7.77. The van der Waals surface area contributed by atoms with Gasteiger partial charge in [0.2, 0.25) is 10.0 Å². The summed E-state index contributed by atoms with van der Waals surface area (Å²) in [4.78, 5) is 2.49. The van der Waals surface area contributed by atoms with Crippen LogP contribution in [-0.4, -0.2) is 37.6 Å². The zero-order chi connectivity index (χ0) is 26.6. The van der Waals surface area contributed by atoms with E-state index in [9.17, 15) is 13.5 Å². The van der Waals surface area contributed by atoms with Crippen molar-refractivity contribution in [3.05, 3.63) is 138 Å². The molecule has 2 N–H and O–H groups in total. The molecule has 0 radical (unpaired) electrons. The highest BCUT2D eigenvalue weighted by molar-refractivity contribution is 7.89. The molecule has 0 aliphatic carbocycles. The molecular weight excluding hydrogens is 492 g/mol. The topological polar surface area (TPSA) is 69.6 Å². The van der Waals surface area contributed by atoms with Gasteiger partial charge in [-0.05, 0) is 55.1 Å². The number of likely N-dealkylation sites (tertiary alicyclic amines) is 1. The summed E-state index contributed by atoms with van der Waals surface area (Å²) < 4.78 is 29.9. The molecular formula is C32H34N2O3S. The Morgan fingerprint density at radius 3 is 1.92 bits per heavy atom. The molecule has 0 unspecified atom stereocenters. The molecule has 0 amide bonds. The summed E-state index contributed by atoms with van der Waals surface area (Å²) in [6.07, 6.45) is 1.71. The van der Waals surface area contributed by atoms with Crippen LogP contribution in [0.15, 0.2) is 120 Å². The van der Waals surface area contributed by atoms with Crippen molar-refractivity contribution in [2.45, 2.75) is 42.3 Å². The summed E-state index contributed by atoms with van der Waals surface area (Å²) in [7, 11) is -3.76. The highest BCUT2D eigenvalue weighted by Gasteiger charge is 2.46. The van der Waals surface area contributed by atoms with Crippen LogP contribution in [0.2, 0.25) is 0 Å². The molecule has 1 aliphatic heterocycles. The Labute approximate surface area is 225 Å². The third-order valence-electron chi connectivity index (χ3n) is 7.52. The van der Waals surface area contributed by atoms with Gasteiger partial charge < -0.3 is 5.11 Å². The van der Waals surface area contributed by atoms with Crippen LogP contribution < -0.4 is 4.72 Å². The van der Waals surface area contributed by atoms with Crippen molar-refractivity contribution in [3.63, 3.8) is 0 Å². The maximum Gasteiger partial charge on any atom is 0.241 e. The molecule has 4 aromatic carbocycles. The van der Waals surface area contributed by atoms with Gasteiger partial charge in [-0.15, -0.1) is 0 Å². The van der Waals surface area contributed by atoms with Crippen molar-refractivity contribution in [2.75, 3.05) is 13.1 Å². The van der Waals surface area contributed by atoms with Crippen LogP contribution in [0.1, 0.15) is 41.1 Å². The van der Waals surface area contributed by atoms with Gasteiger partial charge in [-0.25, -0.2) is 13.1 Å². The molecule has 0 aromatic heterocycles. The standard InChI is InChI=1S/C32H34N2O3S/c1-25-19-21-29(22-20-25)38(36,37)33-30(26-12-5-2-6-13-26)24-34-23-11-18-31(34)32(35,27-14-7-3-8-15-27)28-16-9-4-10-17-28/h2-10,12-17,19-22,30-31,33,35H,11,18,23-24H2,1H3/t30-,31-/m0/s1. The average Bonchev–Trinajstić information content (AvgIpc) is 3.42. The van der Waals surface area contributed by atoms with Crippen LogP contribution in [0, 0.1) is 6.92 Å². The number of hydrogen-bond acceptors (Lipinski definition) is 4. The zero-order valence-corrected chi connectivity index (χ0v) is 22.4. The van der Waals surface area contributed by atoms with E-state index in [0.29, 0.717) is 6.54 Å². The van der Waals surface area contributed by atoms with Crippen LogP contribution in [-0.2, 0) is 15.6 Å². The lowest BCUT2D eigenvalue weighted by Crippen LogP contribution is -2.50. The molecule has 1 saturated heterocycles. The molecule has 38 heavy (non-hydrogen) atoms. The van der Waals surface area contributed by atoms with Crippen LogP contribution >= 0.6 is 0 Å². The van der Waals surface area contributed by atoms with Gasteiger partial charge in [-0.2, -0.15) is 0 Å². The summed E-state index contributed by atoms with van der Waals surface area (Å²) in [6, 6.07) is 35.5. The van der Waals surface area contributed by atoms with Crippen LogP contribution in [0.3, 0.4) is 0 Å². The van der Waals surface area contributed by atoms with E-state index < -0.39 is 21.7 Å². The Balaban J connectivity index is 1.50.